The van der Waals surface area contributed by atoms with Gasteiger partial charge in [0.05, 0.1) is 22.7 Å². The SMILES string of the molecule is N#Cc1c2[nH]cc3c(c-2c(C#N)c1N)C(=N)C=C3. The van der Waals surface area contributed by atoms with E-state index in [4.69, 9.17) is 16.4 Å². The van der Waals surface area contributed by atoms with Crippen molar-refractivity contribution in [2.75, 3.05) is 5.73 Å². The number of allylic oxidation sites excluding steroid dienone is 1. The van der Waals surface area contributed by atoms with E-state index in [1.165, 1.54) is 0 Å². The summed E-state index contributed by atoms with van der Waals surface area (Å²) in [7, 11) is 0. The van der Waals surface area contributed by atoms with E-state index in [0.717, 1.165) is 5.56 Å². The van der Waals surface area contributed by atoms with Crippen LogP contribution in [0.4, 0.5) is 5.69 Å². The second-order valence-electron chi connectivity index (χ2n) is 4.00. The van der Waals surface area contributed by atoms with Crippen molar-refractivity contribution in [1.29, 1.82) is 15.9 Å². The highest BCUT2D eigenvalue weighted by atomic mass is 14.7. The number of nitrogens with one attached hydrogen (secondary N) is 2. The molecule has 0 bridgehead atoms. The third-order valence-corrected chi connectivity index (χ3v) is 3.12. The Labute approximate surface area is 103 Å². The van der Waals surface area contributed by atoms with Crippen LogP contribution in [0, 0.1) is 28.1 Å². The van der Waals surface area contributed by atoms with Gasteiger partial charge in [0.25, 0.3) is 0 Å². The topological polar surface area (TPSA) is 113 Å². The van der Waals surface area contributed by atoms with Gasteiger partial charge in [-0.15, -0.1) is 0 Å². The maximum atomic E-state index is 9.20. The highest BCUT2D eigenvalue weighted by Crippen LogP contribution is 2.41. The Kier molecular flexibility index (Phi) is 1.81. The predicted octanol–water partition coefficient (Wildman–Crippen LogP) is 1.84. The molecule has 1 aliphatic heterocycles. The molecule has 84 valence electrons. The summed E-state index contributed by atoms with van der Waals surface area (Å²) in [6.07, 6.45) is 5.18. The van der Waals surface area contributed by atoms with Crippen LogP contribution in [0.15, 0.2) is 12.3 Å². The summed E-state index contributed by atoms with van der Waals surface area (Å²) in [5.74, 6) is 0. The van der Waals surface area contributed by atoms with Gasteiger partial charge in [-0.2, -0.15) is 10.5 Å². The van der Waals surface area contributed by atoms with Gasteiger partial charge < -0.3 is 16.1 Å². The monoisotopic (exact) mass is 233 g/mol. The zero-order valence-corrected chi connectivity index (χ0v) is 9.20. The van der Waals surface area contributed by atoms with E-state index in [2.05, 4.69) is 4.98 Å². The Bertz CT molecular complexity index is 779. The third-order valence-electron chi connectivity index (χ3n) is 3.12. The van der Waals surface area contributed by atoms with Crippen LogP contribution < -0.4 is 5.73 Å². The molecule has 0 spiro atoms. The molecule has 0 aromatic carbocycles. The Hall–Kier alpha value is -3.05. The van der Waals surface area contributed by atoms with E-state index < -0.39 is 0 Å². The molecule has 5 nitrogen and oxygen atoms in total. The molecule has 4 N–H and O–H groups in total. The van der Waals surface area contributed by atoms with Crippen molar-refractivity contribution in [2.45, 2.75) is 0 Å². The predicted molar refractivity (Wildman–Crippen MR) is 67.1 cm³/mol. The number of fused-ring (bicyclic) bond motifs is 3. The summed E-state index contributed by atoms with van der Waals surface area (Å²) >= 11 is 0. The lowest BCUT2D eigenvalue weighted by Crippen LogP contribution is -1.99. The van der Waals surface area contributed by atoms with Crippen LogP contribution in [-0.4, -0.2) is 10.7 Å². The van der Waals surface area contributed by atoms with Crippen LogP contribution in [0.25, 0.3) is 17.3 Å². The molecule has 2 aliphatic carbocycles. The van der Waals surface area contributed by atoms with Gasteiger partial charge in [0.2, 0.25) is 0 Å². The number of H-pyrrole nitrogens is 1. The van der Waals surface area contributed by atoms with Crippen LogP contribution in [0.2, 0.25) is 0 Å². The Morgan fingerprint density at radius 2 is 1.83 bits per heavy atom. The molecular weight excluding hydrogens is 226 g/mol. The van der Waals surface area contributed by atoms with Gasteiger partial charge in [-0.3, -0.25) is 0 Å². The van der Waals surface area contributed by atoms with Crippen LogP contribution >= 0.6 is 0 Å². The number of nitrogen functional groups attached to an aromatic ring is 1. The van der Waals surface area contributed by atoms with Crippen LogP contribution in [0.3, 0.4) is 0 Å². The summed E-state index contributed by atoms with van der Waals surface area (Å²) in [5, 5.41) is 26.2. The minimum absolute atomic E-state index is 0.180. The zero-order chi connectivity index (χ0) is 12.9. The number of anilines is 1. The molecular formula is C13H7N5. The van der Waals surface area contributed by atoms with E-state index >= 15 is 0 Å². The number of hydrogen-bond acceptors (Lipinski definition) is 4. The lowest BCUT2D eigenvalue weighted by atomic mass is 9.99. The molecule has 1 heterocycles. The van der Waals surface area contributed by atoms with Crippen LogP contribution in [-0.2, 0) is 0 Å². The standard InChI is InChI=1S/C13H7N5/c14-3-7-11-10-6(1-2-9(10)16)5-18-13(11)8(4-15)12(7)17/h1-2,5,16,18H,17H2. The quantitative estimate of drug-likeness (QED) is 0.645. The second-order valence-corrected chi connectivity index (χ2v) is 4.00. The third kappa shape index (κ3) is 1.00. The first-order valence-electron chi connectivity index (χ1n) is 5.22. The van der Waals surface area contributed by atoms with Crippen molar-refractivity contribution < 1.29 is 0 Å². The number of aromatic nitrogens is 1. The molecule has 0 saturated carbocycles. The molecule has 18 heavy (non-hydrogen) atoms. The number of rotatable bonds is 0. The molecule has 0 amide bonds. The lowest BCUT2D eigenvalue weighted by molar-refractivity contribution is 1.30. The molecule has 5 heteroatoms. The van der Waals surface area contributed by atoms with Crippen molar-refractivity contribution in [2.24, 2.45) is 0 Å². The van der Waals surface area contributed by atoms with Gasteiger partial charge in [0.1, 0.15) is 17.7 Å². The number of nitrogens with two attached hydrogens (primary N) is 1. The van der Waals surface area contributed by atoms with Crippen LogP contribution in [0.5, 0.6) is 0 Å². The summed E-state index contributed by atoms with van der Waals surface area (Å²) in [5.41, 5.74) is 9.45. The van der Waals surface area contributed by atoms with Gasteiger partial charge >= 0.3 is 0 Å². The normalized spacial score (nSPS) is 12.4. The minimum Gasteiger partial charge on any atom is -0.396 e. The molecule has 0 radical (unpaired) electrons. The van der Waals surface area contributed by atoms with Crippen LogP contribution in [0.1, 0.15) is 22.3 Å². The van der Waals surface area contributed by atoms with Gasteiger partial charge in [0, 0.05) is 22.9 Å². The molecule has 0 aromatic heterocycles. The van der Waals surface area contributed by atoms with Crippen molar-refractivity contribution in [3.63, 3.8) is 0 Å². The Morgan fingerprint density at radius 1 is 1.11 bits per heavy atom. The minimum atomic E-state index is 0.180. The largest absolute Gasteiger partial charge is 0.396 e. The number of hydrogen-bond donors (Lipinski definition) is 3. The highest BCUT2D eigenvalue weighted by Gasteiger charge is 2.28. The number of nitrogens with zero attached hydrogens (tertiary/aromatic N) is 2. The average Bonchev–Trinajstić information content (AvgIpc) is 2.87. The Balaban J connectivity index is 2.53. The zero-order valence-electron chi connectivity index (χ0n) is 9.20. The van der Waals surface area contributed by atoms with E-state index in [-0.39, 0.29) is 16.8 Å². The first kappa shape index (κ1) is 10.1. The first-order valence-corrected chi connectivity index (χ1v) is 5.22. The van der Waals surface area contributed by atoms with Crippen molar-refractivity contribution in [3.8, 4) is 23.4 Å². The fraction of sp³-hybridized carbons (Fsp3) is 0. The summed E-state index contributed by atoms with van der Waals surface area (Å²) < 4.78 is 0. The van der Waals surface area contributed by atoms with Crippen molar-refractivity contribution >= 4 is 17.5 Å². The first-order chi connectivity index (χ1) is 8.69. The fourth-order valence-electron chi connectivity index (χ4n) is 2.32. The van der Waals surface area contributed by atoms with Crippen molar-refractivity contribution in [1.82, 2.24) is 4.98 Å². The molecule has 0 fully saturated rings. The second kappa shape index (κ2) is 3.22. The molecule has 0 saturated heterocycles. The number of pyridine rings is 1. The van der Waals surface area contributed by atoms with E-state index in [0.29, 0.717) is 22.5 Å². The smallest absolute Gasteiger partial charge is 0.104 e. The lowest BCUT2D eigenvalue weighted by Gasteiger charge is -2.08. The van der Waals surface area contributed by atoms with Gasteiger partial charge in [0.15, 0.2) is 0 Å². The van der Waals surface area contributed by atoms with E-state index in [1.807, 2.05) is 12.1 Å². The average molecular weight is 233 g/mol. The Morgan fingerprint density at radius 3 is 2.50 bits per heavy atom. The van der Waals surface area contributed by atoms with E-state index in [1.54, 1.807) is 18.3 Å². The molecule has 0 aromatic rings. The number of aromatic amines is 1. The molecule has 0 atom stereocenters. The van der Waals surface area contributed by atoms with Gasteiger partial charge in [-0.05, 0) is 6.08 Å². The van der Waals surface area contributed by atoms with E-state index in [9.17, 15) is 5.26 Å². The van der Waals surface area contributed by atoms with Crippen molar-refractivity contribution in [3.05, 3.63) is 34.5 Å². The maximum Gasteiger partial charge on any atom is 0.104 e. The molecule has 3 rings (SSSR count). The maximum absolute atomic E-state index is 9.20. The highest BCUT2D eigenvalue weighted by molar-refractivity contribution is 6.20. The summed E-state index contributed by atoms with van der Waals surface area (Å²) in [6, 6.07) is 4.02. The molecule has 3 aliphatic rings. The van der Waals surface area contributed by atoms with Gasteiger partial charge in [-0.25, -0.2) is 0 Å². The summed E-state index contributed by atoms with van der Waals surface area (Å²) in [4.78, 5) is 2.99. The molecule has 0 unspecified atom stereocenters. The fourth-order valence-corrected chi connectivity index (χ4v) is 2.32. The van der Waals surface area contributed by atoms with Gasteiger partial charge in [-0.1, -0.05) is 6.08 Å². The summed E-state index contributed by atoms with van der Waals surface area (Å²) in [6.45, 7) is 0. The number of nitriles is 2.